The highest BCUT2D eigenvalue weighted by Gasteiger charge is 2.66. The number of anilines is 1. The maximum atomic E-state index is 13.2. The number of nitrogens with one attached hydrogen (secondary N) is 3. The molecule has 2 aliphatic rings. The number of amides is 5. The number of carbonyl (C=O) groups excluding carboxylic acids is 4. The van der Waals surface area contributed by atoms with E-state index in [0.717, 1.165) is 35.1 Å². The van der Waals surface area contributed by atoms with Gasteiger partial charge in [0.05, 0.1) is 11.4 Å². The highest BCUT2D eigenvalue weighted by Crippen LogP contribution is 2.68. The van der Waals surface area contributed by atoms with Gasteiger partial charge in [0.1, 0.15) is 12.0 Å². The van der Waals surface area contributed by atoms with Crippen LogP contribution in [-0.4, -0.2) is 107 Å². The minimum Gasteiger partial charge on any atom is -0.449 e. The van der Waals surface area contributed by atoms with Crippen molar-refractivity contribution in [3.05, 3.63) is 28.5 Å². The largest absolute Gasteiger partial charge is 0.512 e. The highest BCUT2D eigenvalue weighted by atomic mass is 32.2. The molecule has 250 valence electrons. The first-order valence-electron chi connectivity index (χ1n) is 12.1. The fourth-order valence-electron chi connectivity index (χ4n) is 4.04. The van der Waals surface area contributed by atoms with Gasteiger partial charge in [0.25, 0.3) is 16.7 Å². The molecule has 0 bridgehead atoms. The van der Waals surface area contributed by atoms with Crippen LogP contribution in [0.25, 0.3) is 0 Å². The van der Waals surface area contributed by atoms with Gasteiger partial charge in [0, 0.05) is 36.3 Å². The summed E-state index contributed by atoms with van der Waals surface area (Å²) in [4.78, 5) is 98.4. The summed E-state index contributed by atoms with van der Waals surface area (Å²) < 4.78 is 37.6. The molecule has 1 fully saturated rings. The number of carboxylic acid groups (broad SMARTS) is 1. The average molecular weight is 720 g/mol. The van der Waals surface area contributed by atoms with Gasteiger partial charge in [-0.15, -0.1) is 23.1 Å². The van der Waals surface area contributed by atoms with Crippen LogP contribution in [0.3, 0.4) is 0 Å². The van der Waals surface area contributed by atoms with Crippen molar-refractivity contribution in [2.45, 2.75) is 29.0 Å². The molecule has 3 heterocycles. The van der Waals surface area contributed by atoms with Gasteiger partial charge in [0.2, 0.25) is 11.8 Å². The summed E-state index contributed by atoms with van der Waals surface area (Å²) in [6.45, 7) is -1.19. The number of β-lactam (4-membered cyclic amide) rings is 1. The van der Waals surface area contributed by atoms with E-state index in [4.69, 9.17) is 39.9 Å². The topological polar surface area (TPSA) is 334 Å². The summed E-state index contributed by atoms with van der Waals surface area (Å²) in [6, 6.07) is 1.88. The van der Waals surface area contributed by atoms with E-state index in [9.17, 15) is 38.2 Å². The molecule has 1 saturated heterocycles. The van der Waals surface area contributed by atoms with Crippen molar-refractivity contribution >= 4 is 73.4 Å². The van der Waals surface area contributed by atoms with Gasteiger partial charge in [-0.1, -0.05) is 0 Å². The maximum Gasteiger partial charge on any atom is 0.512 e. The van der Waals surface area contributed by atoms with E-state index in [-0.39, 0.29) is 22.7 Å². The fraction of sp³-hybridized carbons (Fsp3) is 0.450. The van der Waals surface area contributed by atoms with Crippen LogP contribution in [0.1, 0.15) is 11.3 Å². The van der Waals surface area contributed by atoms with Crippen molar-refractivity contribution in [3.63, 3.8) is 0 Å². The molecule has 0 spiro atoms. The number of nitrogens with two attached hydrogens (primary N) is 1. The smallest absolute Gasteiger partial charge is 0.449 e. The molecule has 1 aromatic rings. The molecule has 45 heavy (non-hydrogen) atoms. The number of rotatable bonds is 13. The summed E-state index contributed by atoms with van der Waals surface area (Å²) in [5.41, 5.74) is 3.17. The molecule has 2 aliphatic heterocycles. The number of urea groups is 1. The van der Waals surface area contributed by atoms with Gasteiger partial charge < -0.3 is 60.4 Å². The van der Waals surface area contributed by atoms with Crippen molar-refractivity contribution in [2.75, 3.05) is 31.3 Å². The van der Waals surface area contributed by atoms with E-state index in [0.29, 0.717) is 4.88 Å². The van der Waals surface area contributed by atoms with E-state index < -0.39 is 86.9 Å². The van der Waals surface area contributed by atoms with Crippen molar-refractivity contribution in [2.24, 2.45) is 5.73 Å². The molecule has 11 N–H and O–H groups in total. The number of ether oxygens (including phenoxy) is 3. The monoisotopic (exact) mass is 719 g/mol. The predicted molar refractivity (Wildman–Crippen MR) is 151 cm³/mol. The quantitative estimate of drug-likeness (QED) is 0.0515. The lowest BCUT2D eigenvalue weighted by Gasteiger charge is -2.55. The summed E-state index contributed by atoms with van der Waals surface area (Å²) in [6.07, 6.45) is -4.38. The number of hydrogen-bond donors (Lipinski definition) is 10. The number of carbonyl (C=O) groups is 5. The van der Waals surface area contributed by atoms with Crippen LogP contribution in [0.5, 0.6) is 0 Å². The minimum absolute atomic E-state index is 0.0191. The number of thiophene rings is 1. The molecule has 21 nitrogen and oxygen atoms in total. The Labute approximate surface area is 260 Å². The van der Waals surface area contributed by atoms with Crippen LogP contribution in [0, 0.1) is 0 Å². The third kappa shape index (κ3) is 7.77. The lowest BCUT2D eigenvalue weighted by molar-refractivity contribution is -0.195. The molecule has 5 amide bonds. The predicted octanol–water partition coefficient (Wildman–Crippen LogP) is -0.821. The average Bonchev–Trinajstić information content (AvgIpc) is 3.34. The van der Waals surface area contributed by atoms with E-state index >= 15 is 0 Å². The SMILES string of the molecule is CO[C@@]1(NC(=O)Cc2ccc(NC(=O)NCCC(O)(P(=O)(O)O)P(=O)(O)O)s2)C(=O)N2C(OC(=O)O)=C(COC(N)=O)CS[C@H]21. The number of aliphatic hydroxyl groups is 1. The van der Waals surface area contributed by atoms with Gasteiger partial charge >= 0.3 is 33.5 Å². The van der Waals surface area contributed by atoms with Crippen LogP contribution in [-0.2, 0) is 39.4 Å². The van der Waals surface area contributed by atoms with Gasteiger partial charge in [-0.05, 0) is 12.1 Å². The first-order valence-corrected chi connectivity index (χ1v) is 17.2. The van der Waals surface area contributed by atoms with E-state index in [1.54, 1.807) is 0 Å². The third-order valence-electron chi connectivity index (χ3n) is 6.19. The van der Waals surface area contributed by atoms with E-state index in [1.165, 1.54) is 12.1 Å². The molecule has 2 atom stereocenters. The van der Waals surface area contributed by atoms with Gasteiger partial charge in [-0.2, -0.15) is 0 Å². The second kappa shape index (κ2) is 13.6. The molecule has 0 saturated carbocycles. The summed E-state index contributed by atoms with van der Waals surface area (Å²) >= 11 is 1.97. The summed E-state index contributed by atoms with van der Waals surface area (Å²) in [5, 5.41) is 21.4. The fourth-order valence-corrected chi connectivity index (χ4v) is 8.50. The molecular weight excluding hydrogens is 692 g/mol. The zero-order chi connectivity index (χ0) is 34.0. The Bertz CT molecular complexity index is 1490. The second-order valence-electron chi connectivity index (χ2n) is 9.15. The normalized spacial score (nSPS) is 20.1. The second-order valence-corrected chi connectivity index (χ2v) is 15.4. The maximum absolute atomic E-state index is 13.2. The zero-order valence-electron chi connectivity index (χ0n) is 22.8. The number of fused-ring (bicyclic) bond motifs is 1. The Morgan fingerprint density at radius 3 is 2.38 bits per heavy atom. The van der Waals surface area contributed by atoms with Crippen LogP contribution < -0.4 is 21.7 Å². The van der Waals surface area contributed by atoms with E-state index in [2.05, 4.69) is 20.7 Å². The van der Waals surface area contributed by atoms with Crippen LogP contribution in [0.15, 0.2) is 23.6 Å². The highest BCUT2D eigenvalue weighted by molar-refractivity contribution is 8.00. The molecule has 0 radical (unpaired) electrons. The number of primary amides is 1. The Morgan fingerprint density at radius 1 is 1.18 bits per heavy atom. The van der Waals surface area contributed by atoms with Gasteiger partial charge in [-0.3, -0.25) is 28.9 Å². The number of nitrogens with zero attached hydrogens (tertiary/aromatic N) is 1. The first-order chi connectivity index (χ1) is 20.8. The number of thioether (sulfide) groups is 1. The molecule has 0 aliphatic carbocycles. The summed E-state index contributed by atoms with van der Waals surface area (Å²) in [5.74, 6) is -1.98. The van der Waals surface area contributed by atoms with Crippen molar-refractivity contribution in [1.82, 2.24) is 15.5 Å². The molecule has 25 heteroatoms. The minimum atomic E-state index is -5.69. The molecule has 0 aromatic carbocycles. The standard InChI is InChI=1S/C20H27N5O16P2S2/c1-39-20(14(27)25-13(41-18(30)31)9(7-40-16(21)28)8-44-15(20)25)24-11(26)6-10-2-3-12(45-10)23-17(29)22-5-4-19(32,42(33,34)35)43(36,37)38/h2-3,15,32H,4-8H2,1H3,(H2,21,28)(H,24,26)(H,30,31)(H2,22,23,29)(H2,33,34,35)(H2,36,37,38)/t15-,20-/m0/s1. The number of hydrogen-bond acceptors (Lipinski definition) is 13. The Balaban J connectivity index is 1.61. The van der Waals surface area contributed by atoms with Crippen LogP contribution in [0.4, 0.5) is 19.4 Å². The molecule has 0 unspecified atom stereocenters. The first kappa shape index (κ1) is 36.2. The third-order valence-corrected chi connectivity index (χ3v) is 12.4. The zero-order valence-corrected chi connectivity index (χ0v) is 26.2. The molecule has 1 aromatic heterocycles. The van der Waals surface area contributed by atoms with E-state index in [1.807, 2.05) is 0 Å². The Morgan fingerprint density at radius 2 is 1.82 bits per heavy atom. The van der Waals surface area contributed by atoms with Crippen LogP contribution in [0.2, 0.25) is 0 Å². The Kier molecular flexibility index (Phi) is 11.0. The summed E-state index contributed by atoms with van der Waals surface area (Å²) in [7, 11) is -10.2. The Hall–Kier alpha value is -3.24. The lowest BCUT2D eigenvalue weighted by atomic mass is 10.0. The van der Waals surface area contributed by atoms with Crippen LogP contribution >= 0.6 is 38.3 Å². The molecular formula is C20H27N5O16P2S2. The van der Waals surface area contributed by atoms with Gasteiger partial charge in [-0.25, -0.2) is 14.4 Å². The van der Waals surface area contributed by atoms with Crippen molar-refractivity contribution < 1.29 is 77.1 Å². The van der Waals surface area contributed by atoms with Crippen molar-refractivity contribution in [3.8, 4) is 0 Å². The molecule has 3 rings (SSSR count). The van der Waals surface area contributed by atoms with Crippen molar-refractivity contribution in [1.29, 1.82) is 0 Å². The van der Waals surface area contributed by atoms with Gasteiger partial charge in [0.15, 0.2) is 0 Å². The lowest BCUT2D eigenvalue weighted by Crippen LogP contribution is -2.80. The number of methoxy groups -OCH3 is 1.